The molecule has 0 aromatic heterocycles. The molecule has 3 heteroatoms. The van der Waals surface area contributed by atoms with Gasteiger partial charge in [-0.05, 0) is 56.9 Å². The Bertz CT molecular complexity index is 468. The van der Waals surface area contributed by atoms with Crippen molar-refractivity contribution >= 4 is 0 Å². The highest BCUT2D eigenvalue weighted by Crippen LogP contribution is 2.29. The van der Waals surface area contributed by atoms with Crippen molar-refractivity contribution < 1.29 is 4.74 Å². The maximum Gasteiger partial charge on any atom is 0.123 e. The molecule has 0 bridgehead atoms. The van der Waals surface area contributed by atoms with Crippen LogP contribution in [0.2, 0.25) is 0 Å². The van der Waals surface area contributed by atoms with Crippen LogP contribution in [-0.4, -0.2) is 43.7 Å². The number of fused-ring (bicyclic) bond motifs is 1. The van der Waals surface area contributed by atoms with E-state index in [2.05, 4.69) is 42.3 Å². The molecule has 1 fully saturated rings. The van der Waals surface area contributed by atoms with Crippen molar-refractivity contribution in [2.75, 3.05) is 32.7 Å². The Morgan fingerprint density at radius 1 is 1.33 bits per heavy atom. The Kier molecular flexibility index (Phi) is 4.81. The van der Waals surface area contributed by atoms with Crippen LogP contribution in [0.4, 0.5) is 0 Å². The molecule has 2 unspecified atom stereocenters. The van der Waals surface area contributed by atoms with E-state index >= 15 is 0 Å². The van der Waals surface area contributed by atoms with E-state index in [1.807, 2.05) is 0 Å². The summed E-state index contributed by atoms with van der Waals surface area (Å²) in [7, 11) is 0. The quantitative estimate of drug-likeness (QED) is 0.871. The molecule has 0 spiro atoms. The van der Waals surface area contributed by atoms with Crippen molar-refractivity contribution in [1.29, 1.82) is 0 Å². The molecule has 2 aliphatic heterocycles. The van der Waals surface area contributed by atoms with Gasteiger partial charge in [0.1, 0.15) is 11.9 Å². The van der Waals surface area contributed by atoms with Crippen LogP contribution in [0.1, 0.15) is 30.9 Å². The molecular weight excluding hydrogens is 260 g/mol. The Hall–Kier alpha value is -1.06. The summed E-state index contributed by atoms with van der Waals surface area (Å²) in [6.07, 6.45) is 4.12. The van der Waals surface area contributed by atoms with Gasteiger partial charge < -0.3 is 15.0 Å². The fourth-order valence-corrected chi connectivity index (χ4v) is 3.52. The average Bonchev–Trinajstić information content (AvgIpc) is 3.07. The molecule has 1 N–H and O–H groups in total. The van der Waals surface area contributed by atoms with Crippen LogP contribution in [0.3, 0.4) is 0 Å². The van der Waals surface area contributed by atoms with E-state index in [1.54, 1.807) is 0 Å². The van der Waals surface area contributed by atoms with Gasteiger partial charge in [-0.1, -0.05) is 24.6 Å². The molecule has 2 atom stereocenters. The second-order valence-corrected chi connectivity index (χ2v) is 6.83. The summed E-state index contributed by atoms with van der Waals surface area (Å²) in [6, 6.07) is 6.50. The maximum atomic E-state index is 6.00. The number of nitrogens with one attached hydrogen (secondary N) is 1. The minimum atomic E-state index is 0.306. The molecule has 0 radical (unpaired) electrons. The summed E-state index contributed by atoms with van der Waals surface area (Å²) in [5.74, 6) is 1.80. The summed E-state index contributed by atoms with van der Waals surface area (Å²) < 4.78 is 6.00. The molecular formula is C18H28N2O. The van der Waals surface area contributed by atoms with Gasteiger partial charge >= 0.3 is 0 Å². The number of aryl methyl sites for hydroxylation is 1. The van der Waals surface area contributed by atoms with Gasteiger partial charge in [0.05, 0.1) is 0 Å². The SMILES string of the molecule is Cc1ccc2c(c1)CC(CNCC(C)CN1CCCC1)O2. The molecule has 1 aromatic carbocycles. The van der Waals surface area contributed by atoms with Gasteiger partial charge in [-0.15, -0.1) is 0 Å². The number of likely N-dealkylation sites (tertiary alicyclic amines) is 1. The molecule has 0 aliphatic carbocycles. The maximum absolute atomic E-state index is 6.00. The standard InChI is InChI=1S/C18H28N2O/c1-14-5-6-18-16(9-14)10-17(21-18)12-19-11-15(2)13-20-7-3-4-8-20/h5-6,9,15,17,19H,3-4,7-8,10-13H2,1-2H3. The van der Waals surface area contributed by atoms with Gasteiger partial charge in [0.25, 0.3) is 0 Å². The Morgan fingerprint density at radius 2 is 2.14 bits per heavy atom. The number of benzene rings is 1. The van der Waals surface area contributed by atoms with Crippen LogP contribution in [-0.2, 0) is 6.42 Å². The zero-order chi connectivity index (χ0) is 14.7. The first-order valence-corrected chi connectivity index (χ1v) is 8.40. The Labute approximate surface area is 128 Å². The number of rotatable bonds is 6. The molecule has 2 heterocycles. The van der Waals surface area contributed by atoms with E-state index in [-0.39, 0.29) is 0 Å². The van der Waals surface area contributed by atoms with Crippen molar-refractivity contribution in [2.24, 2.45) is 5.92 Å². The van der Waals surface area contributed by atoms with Crippen LogP contribution in [0.5, 0.6) is 5.75 Å². The minimum Gasteiger partial charge on any atom is -0.488 e. The lowest BCUT2D eigenvalue weighted by Gasteiger charge is -2.21. The van der Waals surface area contributed by atoms with Crippen molar-refractivity contribution in [1.82, 2.24) is 10.2 Å². The lowest BCUT2D eigenvalue weighted by atomic mass is 10.1. The van der Waals surface area contributed by atoms with Crippen LogP contribution < -0.4 is 10.1 Å². The number of nitrogens with zero attached hydrogens (tertiary/aromatic N) is 1. The highest BCUT2D eigenvalue weighted by Gasteiger charge is 2.22. The first-order valence-electron chi connectivity index (χ1n) is 8.40. The third kappa shape index (κ3) is 3.98. The summed E-state index contributed by atoms with van der Waals surface area (Å²) in [5.41, 5.74) is 2.69. The van der Waals surface area contributed by atoms with E-state index in [4.69, 9.17) is 4.74 Å². The molecule has 3 rings (SSSR count). The zero-order valence-corrected chi connectivity index (χ0v) is 13.4. The lowest BCUT2D eigenvalue weighted by molar-refractivity contribution is 0.220. The zero-order valence-electron chi connectivity index (χ0n) is 13.4. The van der Waals surface area contributed by atoms with Gasteiger partial charge in [0.15, 0.2) is 0 Å². The van der Waals surface area contributed by atoms with Gasteiger partial charge in [-0.3, -0.25) is 0 Å². The first-order chi connectivity index (χ1) is 10.2. The van der Waals surface area contributed by atoms with E-state index < -0.39 is 0 Å². The van der Waals surface area contributed by atoms with Gasteiger partial charge in [-0.25, -0.2) is 0 Å². The van der Waals surface area contributed by atoms with Crippen molar-refractivity contribution in [3.8, 4) is 5.75 Å². The van der Waals surface area contributed by atoms with Gasteiger partial charge in [0, 0.05) is 19.5 Å². The van der Waals surface area contributed by atoms with E-state index in [9.17, 15) is 0 Å². The van der Waals surface area contributed by atoms with E-state index in [0.717, 1.165) is 25.3 Å². The predicted molar refractivity (Wildman–Crippen MR) is 87.0 cm³/mol. The predicted octanol–water partition coefficient (Wildman–Crippen LogP) is 2.62. The molecule has 3 nitrogen and oxygen atoms in total. The van der Waals surface area contributed by atoms with Crippen LogP contribution in [0.15, 0.2) is 18.2 Å². The first kappa shape index (κ1) is 14.9. The smallest absolute Gasteiger partial charge is 0.123 e. The largest absolute Gasteiger partial charge is 0.488 e. The molecule has 116 valence electrons. The Morgan fingerprint density at radius 3 is 2.95 bits per heavy atom. The number of hydrogen-bond acceptors (Lipinski definition) is 3. The molecule has 0 saturated carbocycles. The molecule has 1 aromatic rings. The summed E-state index contributed by atoms with van der Waals surface area (Å²) in [4.78, 5) is 2.59. The molecule has 21 heavy (non-hydrogen) atoms. The topological polar surface area (TPSA) is 24.5 Å². The second-order valence-electron chi connectivity index (χ2n) is 6.83. The third-order valence-electron chi connectivity index (χ3n) is 4.59. The van der Waals surface area contributed by atoms with Gasteiger partial charge in [0.2, 0.25) is 0 Å². The molecule has 2 aliphatic rings. The highest BCUT2D eigenvalue weighted by atomic mass is 16.5. The van der Waals surface area contributed by atoms with E-state index in [0.29, 0.717) is 12.0 Å². The average molecular weight is 288 g/mol. The second kappa shape index (κ2) is 6.80. The number of ether oxygens (including phenoxy) is 1. The monoisotopic (exact) mass is 288 g/mol. The normalized spacial score (nSPS) is 23.0. The van der Waals surface area contributed by atoms with Gasteiger partial charge in [-0.2, -0.15) is 0 Å². The van der Waals surface area contributed by atoms with Crippen molar-refractivity contribution in [3.05, 3.63) is 29.3 Å². The summed E-state index contributed by atoms with van der Waals surface area (Å²) >= 11 is 0. The lowest BCUT2D eigenvalue weighted by Crippen LogP contribution is -2.36. The fourth-order valence-electron chi connectivity index (χ4n) is 3.52. The minimum absolute atomic E-state index is 0.306. The molecule has 0 amide bonds. The van der Waals surface area contributed by atoms with Crippen LogP contribution in [0, 0.1) is 12.8 Å². The Balaban J connectivity index is 1.37. The number of hydrogen-bond donors (Lipinski definition) is 1. The van der Waals surface area contributed by atoms with Crippen molar-refractivity contribution in [3.63, 3.8) is 0 Å². The highest BCUT2D eigenvalue weighted by molar-refractivity contribution is 5.40. The molecule has 1 saturated heterocycles. The summed E-state index contributed by atoms with van der Waals surface area (Å²) in [5, 5.41) is 3.60. The van der Waals surface area contributed by atoms with Crippen molar-refractivity contribution in [2.45, 2.75) is 39.2 Å². The fraction of sp³-hybridized carbons (Fsp3) is 0.667. The van der Waals surface area contributed by atoms with Crippen LogP contribution >= 0.6 is 0 Å². The summed E-state index contributed by atoms with van der Waals surface area (Å²) in [6.45, 7) is 10.4. The van der Waals surface area contributed by atoms with Crippen LogP contribution in [0.25, 0.3) is 0 Å². The van der Waals surface area contributed by atoms with E-state index in [1.165, 1.54) is 43.6 Å². The third-order valence-corrected chi connectivity index (χ3v) is 4.59.